The van der Waals surface area contributed by atoms with Gasteiger partial charge in [0.25, 0.3) is 0 Å². The van der Waals surface area contributed by atoms with Crippen molar-refractivity contribution in [1.29, 1.82) is 0 Å². The minimum atomic E-state index is -1.53. The number of phenols is 2. The second-order valence-corrected chi connectivity index (χ2v) is 26.3. The van der Waals surface area contributed by atoms with Gasteiger partial charge in [0.1, 0.15) is 53.4 Å². The van der Waals surface area contributed by atoms with Crippen LogP contribution in [0.1, 0.15) is 155 Å². The van der Waals surface area contributed by atoms with Gasteiger partial charge >= 0.3 is 11.9 Å². The second kappa shape index (κ2) is 23.7. The molecule has 0 radical (unpaired) electrons. The van der Waals surface area contributed by atoms with E-state index in [-0.39, 0.29) is 91.0 Å². The van der Waals surface area contributed by atoms with Crippen molar-refractivity contribution in [1.82, 2.24) is 9.80 Å². The molecule has 9 unspecified atom stereocenters. The summed E-state index contributed by atoms with van der Waals surface area (Å²) in [6.07, 6.45) is -15.4. The zero-order valence-electron chi connectivity index (χ0n) is 51.0. The number of esters is 1. The molecule has 0 amide bonds. The first kappa shape index (κ1) is 64.4. The fourth-order valence-electron chi connectivity index (χ4n) is 14.5. The number of fused-ring (bicyclic) bond motifs is 8. The van der Waals surface area contributed by atoms with E-state index < -0.39 is 179 Å². The van der Waals surface area contributed by atoms with Crippen molar-refractivity contribution in [2.24, 2.45) is 11.5 Å². The molecule has 10 N–H and O–H groups in total. The standard InChI is InChI=1S/C60H86N4O22/c1-24-45(68)31(63(9)10)18-36(76-24)80-33-21-57(5,74)20-29-40(33)48(71)42-43(47(29)70)49(72)41-28(46(42)69)14-15-30-52(41)85-56-50(73)44(64(11)12)55(60(30,8)86-56)84-39-23-59(7,62)54(27(4)79-39)83-38-22-58(6,61)53(26(3)78-38)82-37-19-32(75-13)51(25(2)77-37)81-35(67)17-16-34(65)66/h14-15,24-27,31-33,36-39,44-45,50-51,53-56,68,70-71,73-74H,16-23,61-62H2,1-13H3,(H,65,66)/t24-,25-,26-,27-,31-,32-,33?,36-,37-,38+,39+,44?,45-,50?,51-,53?,54?,55?,56?,57?,58+,59+,60?/m0/s1. The quantitative estimate of drug-likeness (QED) is 0.0798. The van der Waals surface area contributed by atoms with E-state index in [0.717, 1.165) is 0 Å². The molecule has 5 fully saturated rings. The van der Waals surface area contributed by atoms with Gasteiger partial charge in [0.15, 0.2) is 37.0 Å². The first-order chi connectivity index (χ1) is 40.2. The summed E-state index contributed by atoms with van der Waals surface area (Å²) in [6, 6.07) is 1.81. The third-order valence-electron chi connectivity index (χ3n) is 18.8. The Morgan fingerprint density at radius 3 is 1.85 bits per heavy atom. The molecule has 2 bridgehead atoms. The van der Waals surface area contributed by atoms with Crippen molar-refractivity contribution in [3.8, 4) is 17.2 Å². The van der Waals surface area contributed by atoms with E-state index in [4.69, 9.17) is 73.4 Å². The summed E-state index contributed by atoms with van der Waals surface area (Å²) in [5, 5.41) is 68.2. The average Bonchev–Trinajstić information content (AvgIpc) is 0.766. The topological polar surface area (TPSA) is 359 Å². The first-order valence-electron chi connectivity index (χ1n) is 29.6. The summed E-state index contributed by atoms with van der Waals surface area (Å²) in [7, 11) is 8.63. The lowest BCUT2D eigenvalue weighted by Crippen LogP contribution is -2.70. The Morgan fingerprint density at radius 1 is 0.698 bits per heavy atom. The van der Waals surface area contributed by atoms with Gasteiger partial charge in [-0.2, -0.15) is 0 Å². The molecule has 6 heterocycles. The molecule has 0 spiro atoms. The van der Waals surface area contributed by atoms with Crippen LogP contribution in [0.15, 0.2) is 12.1 Å². The fourth-order valence-corrected chi connectivity index (χ4v) is 14.5. The highest BCUT2D eigenvalue weighted by atomic mass is 16.8. The lowest BCUT2D eigenvalue weighted by Gasteiger charge is -2.56. The number of aliphatic carboxylic acids is 1. The maximum atomic E-state index is 15.2. The molecular weight excluding hydrogens is 1130 g/mol. The first-order valence-corrected chi connectivity index (χ1v) is 29.6. The number of carbonyl (C=O) groups excluding carboxylic acids is 3. The van der Waals surface area contributed by atoms with Crippen molar-refractivity contribution in [3.63, 3.8) is 0 Å². The summed E-state index contributed by atoms with van der Waals surface area (Å²) in [5.41, 5.74) is 7.95. The van der Waals surface area contributed by atoms with Crippen LogP contribution in [0.5, 0.6) is 17.2 Å². The van der Waals surface area contributed by atoms with Gasteiger partial charge in [0.2, 0.25) is 12.1 Å². The number of hydrogen-bond donors (Lipinski definition) is 8. The molecule has 5 saturated heterocycles. The van der Waals surface area contributed by atoms with Crippen LogP contribution >= 0.6 is 0 Å². The van der Waals surface area contributed by atoms with Crippen molar-refractivity contribution in [3.05, 3.63) is 51.1 Å². The number of likely N-dealkylation sites (N-methyl/N-ethyl adjacent to an activating group) is 2. The van der Waals surface area contributed by atoms with Crippen LogP contribution in [0.3, 0.4) is 0 Å². The Kier molecular flexibility index (Phi) is 17.7. The number of carboxylic acids is 1. The number of benzene rings is 2. The third-order valence-corrected chi connectivity index (χ3v) is 18.8. The summed E-state index contributed by atoms with van der Waals surface area (Å²) < 4.78 is 76.2. The zero-order valence-corrected chi connectivity index (χ0v) is 51.0. The van der Waals surface area contributed by atoms with Crippen molar-refractivity contribution in [2.45, 2.75) is 246 Å². The molecule has 0 aromatic heterocycles. The Balaban J connectivity index is 0.862. The van der Waals surface area contributed by atoms with Gasteiger partial charge in [-0.1, -0.05) is 6.07 Å². The summed E-state index contributed by atoms with van der Waals surface area (Å²) in [6.45, 7) is 13.9. The number of rotatable bonds is 15. The number of phenolic OH excluding ortho intramolecular Hbond substituents is 2. The number of aromatic hydroxyl groups is 2. The number of nitrogens with zero attached hydrogens (tertiary/aromatic N) is 2. The minimum absolute atomic E-state index is 0.00785. The highest BCUT2D eigenvalue weighted by Gasteiger charge is 2.62. The van der Waals surface area contributed by atoms with Crippen molar-refractivity contribution in [2.75, 3.05) is 35.3 Å². The molecule has 26 nitrogen and oxygen atoms in total. The summed E-state index contributed by atoms with van der Waals surface area (Å²) >= 11 is 0. The predicted molar refractivity (Wildman–Crippen MR) is 299 cm³/mol. The van der Waals surface area contributed by atoms with Gasteiger partial charge in [0.05, 0.1) is 77.8 Å². The molecule has 10 rings (SSSR count). The van der Waals surface area contributed by atoms with E-state index in [1.807, 2.05) is 25.9 Å². The van der Waals surface area contributed by atoms with Gasteiger partial charge in [-0.15, -0.1) is 0 Å². The van der Waals surface area contributed by atoms with Gasteiger partial charge in [-0.3, -0.25) is 19.2 Å². The highest BCUT2D eigenvalue weighted by molar-refractivity contribution is 6.31. The monoisotopic (exact) mass is 1210 g/mol. The van der Waals surface area contributed by atoms with Crippen LogP contribution in [-0.4, -0.2) is 227 Å². The molecule has 478 valence electrons. The summed E-state index contributed by atoms with van der Waals surface area (Å²) in [5.74, 6) is -4.78. The largest absolute Gasteiger partial charge is 0.507 e. The number of aliphatic hydroxyl groups excluding tert-OH is 2. The van der Waals surface area contributed by atoms with Gasteiger partial charge < -0.3 is 109 Å². The normalized spacial score (nSPS) is 42.1. The minimum Gasteiger partial charge on any atom is -0.507 e. The van der Waals surface area contributed by atoms with Crippen LogP contribution in [0.2, 0.25) is 0 Å². The molecule has 0 saturated carbocycles. The van der Waals surface area contributed by atoms with Crippen LogP contribution in [-0.2, 0) is 73.7 Å². The molecule has 8 aliphatic rings. The number of carbonyl (C=O) groups is 4. The molecule has 86 heavy (non-hydrogen) atoms. The molecule has 23 atom stereocenters. The molecule has 2 aliphatic carbocycles. The van der Waals surface area contributed by atoms with Crippen molar-refractivity contribution < 1.29 is 107 Å². The SMILES string of the molecule is CO[C@H]1C[C@H](OC2[C@H](C)O[C@H](OC3[C@H](C)O[C@H](OC4C(N(C)C)C(O)C5Oc6c(ccc7c6C(=O)c6c(O)c8c(c(O)c6C7=O)C(O[C@H]6C[C@H](N(C)C)[C@@H](O)[C@H](C)O6)CC(C)(O)C8)C4(C)O5)C[C@@]3(C)N)C[C@@]2(C)N)O[C@@H](C)[C@@H]1OC(=O)CCC(=O)O. The smallest absolute Gasteiger partial charge is 0.306 e. The number of ketones is 2. The number of methoxy groups -OCH3 is 1. The lowest BCUT2D eigenvalue weighted by atomic mass is 9.72. The zero-order chi connectivity index (χ0) is 62.8. The number of nitrogens with two attached hydrogens (primary N) is 2. The van der Waals surface area contributed by atoms with E-state index in [1.54, 1.807) is 66.6 Å². The summed E-state index contributed by atoms with van der Waals surface area (Å²) in [4.78, 5) is 57.2. The Bertz CT molecular complexity index is 2940. The molecule has 2 aromatic carbocycles. The lowest BCUT2D eigenvalue weighted by molar-refractivity contribution is -0.359. The fraction of sp³-hybridized carbons (Fsp3) is 0.733. The second-order valence-electron chi connectivity index (χ2n) is 26.3. The highest BCUT2D eigenvalue weighted by Crippen LogP contribution is 2.56. The van der Waals surface area contributed by atoms with E-state index in [1.165, 1.54) is 20.1 Å². The number of ether oxygens (including phenoxy) is 12. The molecule has 26 heteroatoms. The van der Waals surface area contributed by atoms with Crippen LogP contribution < -0.4 is 16.2 Å². The molecule has 6 aliphatic heterocycles. The van der Waals surface area contributed by atoms with E-state index in [9.17, 15) is 39.9 Å². The Hall–Kier alpha value is -4.56. The molecule has 2 aromatic rings. The average molecular weight is 1220 g/mol. The van der Waals surface area contributed by atoms with E-state index in [0.29, 0.717) is 0 Å². The van der Waals surface area contributed by atoms with Gasteiger partial charge in [0, 0.05) is 85.0 Å². The number of carboxylic acid groups (broad SMARTS) is 1. The van der Waals surface area contributed by atoms with Gasteiger partial charge in [-0.05, 0) is 89.6 Å². The molecular formula is C60H86N4O22. The third kappa shape index (κ3) is 11.7. The number of hydrogen-bond acceptors (Lipinski definition) is 25. The van der Waals surface area contributed by atoms with Crippen molar-refractivity contribution >= 4 is 23.5 Å². The Morgan fingerprint density at radius 2 is 1.27 bits per heavy atom. The van der Waals surface area contributed by atoms with Crippen LogP contribution in [0.4, 0.5) is 0 Å². The van der Waals surface area contributed by atoms with E-state index >= 15 is 4.79 Å². The predicted octanol–water partition coefficient (Wildman–Crippen LogP) is 2.10. The van der Waals surface area contributed by atoms with Crippen LogP contribution in [0.25, 0.3) is 0 Å². The van der Waals surface area contributed by atoms with Crippen LogP contribution in [0, 0.1) is 0 Å². The van der Waals surface area contributed by atoms with E-state index in [2.05, 4.69) is 0 Å². The number of aliphatic hydroxyl groups is 3. The maximum Gasteiger partial charge on any atom is 0.306 e. The Labute approximate surface area is 499 Å². The van der Waals surface area contributed by atoms with Gasteiger partial charge in [-0.25, -0.2) is 0 Å². The maximum absolute atomic E-state index is 15.2.